The normalized spacial score (nSPS) is 11.6. The Morgan fingerprint density at radius 2 is 2.25 bits per heavy atom. The minimum atomic E-state index is -0.738. The number of nitrogens with zero attached hydrogens (tertiary/aromatic N) is 3. The van der Waals surface area contributed by atoms with Gasteiger partial charge < -0.3 is 14.3 Å². The van der Waals surface area contributed by atoms with Crippen LogP contribution in [0.3, 0.4) is 0 Å². The molecule has 2 aromatic heterocycles. The number of rotatable bonds is 5. The second-order valence-corrected chi connectivity index (χ2v) is 5.71. The van der Waals surface area contributed by atoms with Gasteiger partial charge >= 0.3 is 5.97 Å². The van der Waals surface area contributed by atoms with Crippen LogP contribution in [0.25, 0.3) is 10.9 Å². The van der Waals surface area contributed by atoms with Gasteiger partial charge in [-0.25, -0.2) is 4.98 Å². The number of ether oxygens (including phenoxy) is 1. The van der Waals surface area contributed by atoms with E-state index in [0.29, 0.717) is 16.6 Å². The third-order valence-corrected chi connectivity index (χ3v) is 3.57. The smallest absolute Gasteiger partial charge is 0.311 e. The van der Waals surface area contributed by atoms with E-state index in [1.54, 1.807) is 19.2 Å². The molecule has 0 amide bonds. The van der Waals surface area contributed by atoms with Crippen LogP contribution in [0.15, 0.2) is 9.80 Å². The minimum Gasteiger partial charge on any atom is -0.469 e. The molecule has 0 bridgehead atoms. The van der Waals surface area contributed by atoms with Crippen molar-refractivity contribution in [1.29, 1.82) is 0 Å². The molecule has 2 aromatic rings. The Kier molecular flexibility index (Phi) is 4.15. The molecule has 20 heavy (non-hydrogen) atoms. The summed E-state index contributed by atoms with van der Waals surface area (Å²) < 4.78 is 10.2. The summed E-state index contributed by atoms with van der Waals surface area (Å²) in [5, 5.41) is 19.0. The van der Waals surface area contributed by atoms with Gasteiger partial charge in [0.1, 0.15) is 0 Å². The van der Waals surface area contributed by atoms with Crippen molar-refractivity contribution in [3.8, 4) is 10.9 Å². The highest BCUT2D eigenvalue weighted by molar-refractivity contribution is 7.13. The predicted molar refractivity (Wildman–Crippen MR) is 70.8 cm³/mol. The average Bonchev–Trinajstić information content (AvgIpc) is 3.05. The summed E-state index contributed by atoms with van der Waals surface area (Å²) in [6.07, 6.45) is 0.283. The van der Waals surface area contributed by atoms with Crippen LogP contribution in [0, 0.1) is 5.41 Å². The maximum absolute atomic E-state index is 11.6. The fraction of sp³-hybridized carbons (Fsp3) is 0.500. The number of thiazole rings is 1. The number of carbonyl (C=O) groups is 1. The van der Waals surface area contributed by atoms with Crippen LogP contribution in [0.1, 0.15) is 25.4 Å². The van der Waals surface area contributed by atoms with Gasteiger partial charge in [-0.05, 0) is 13.8 Å². The molecule has 0 spiro atoms. The highest BCUT2D eigenvalue weighted by atomic mass is 32.1. The first-order chi connectivity index (χ1) is 9.46. The molecule has 8 heteroatoms. The fourth-order valence-corrected chi connectivity index (χ4v) is 2.34. The van der Waals surface area contributed by atoms with Crippen LogP contribution >= 0.6 is 11.3 Å². The zero-order valence-electron chi connectivity index (χ0n) is 11.4. The van der Waals surface area contributed by atoms with Gasteiger partial charge in [-0.15, -0.1) is 21.5 Å². The zero-order chi connectivity index (χ0) is 14.8. The van der Waals surface area contributed by atoms with Gasteiger partial charge in [0.15, 0.2) is 5.01 Å². The van der Waals surface area contributed by atoms with Gasteiger partial charge in [-0.1, -0.05) is 0 Å². The molecule has 0 fully saturated rings. The van der Waals surface area contributed by atoms with Crippen molar-refractivity contribution < 1.29 is 19.1 Å². The quantitative estimate of drug-likeness (QED) is 0.833. The van der Waals surface area contributed by atoms with Crippen LogP contribution < -0.4 is 0 Å². The molecule has 0 radical (unpaired) electrons. The highest BCUT2D eigenvalue weighted by Gasteiger charge is 2.31. The van der Waals surface area contributed by atoms with Crippen molar-refractivity contribution in [1.82, 2.24) is 15.2 Å². The summed E-state index contributed by atoms with van der Waals surface area (Å²) in [7, 11) is 1.34. The molecule has 0 aliphatic rings. The van der Waals surface area contributed by atoms with Crippen LogP contribution in [-0.2, 0) is 22.6 Å². The van der Waals surface area contributed by atoms with Crippen molar-refractivity contribution in [3.63, 3.8) is 0 Å². The Morgan fingerprint density at radius 3 is 2.85 bits per heavy atom. The first-order valence-electron chi connectivity index (χ1n) is 5.92. The maximum Gasteiger partial charge on any atom is 0.311 e. The number of methoxy groups -OCH3 is 1. The number of hydrogen-bond acceptors (Lipinski definition) is 8. The number of hydrogen-bond donors (Lipinski definition) is 1. The van der Waals surface area contributed by atoms with Gasteiger partial charge in [0.25, 0.3) is 5.89 Å². The second kappa shape index (κ2) is 5.68. The standard InChI is InChI=1S/C12H15N3O4S/c1-12(2,11(17)18-3)4-8-14-15-9(19-8)10-13-7(5-16)6-20-10/h6,16H,4-5H2,1-3H3. The molecule has 7 nitrogen and oxygen atoms in total. The van der Waals surface area contributed by atoms with E-state index in [1.165, 1.54) is 18.4 Å². The van der Waals surface area contributed by atoms with E-state index in [0.717, 1.165) is 0 Å². The lowest BCUT2D eigenvalue weighted by Gasteiger charge is -2.18. The van der Waals surface area contributed by atoms with Crippen LogP contribution in [0.4, 0.5) is 0 Å². The van der Waals surface area contributed by atoms with Gasteiger partial charge in [-0.3, -0.25) is 4.79 Å². The fourth-order valence-electron chi connectivity index (χ4n) is 1.62. The SMILES string of the molecule is COC(=O)C(C)(C)Cc1nnc(-c2nc(CO)cs2)o1. The molecule has 0 aliphatic heterocycles. The molecule has 0 aromatic carbocycles. The molecule has 0 unspecified atom stereocenters. The Morgan fingerprint density at radius 1 is 1.50 bits per heavy atom. The number of aromatic nitrogens is 3. The number of carbonyl (C=O) groups excluding carboxylic acids is 1. The second-order valence-electron chi connectivity index (χ2n) is 4.86. The average molecular weight is 297 g/mol. The van der Waals surface area contributed by atoms with Gasteiger partial charge in [0.05, 0.1) is 24.8 Å². The van der Waals surface area contributed by atoms with Crippen molar-refractivity contribution in [2.45, 2.75) is 26.9 Å². The van der Waals surface area contributed by atoms with E-state index < -0.39 is 5.41 Å². The summed E-state index contributed by atoms with van der Waals surface area (Å²) in [6, 6.07) is 0. The summed E-state index contributed by atoms with van der Waals surface area (Å²) in [5.41, 5.74) is -0.183. The molecule has 108 valence electrons. The van der Waals surface area contributed by atoms with Crippen molar-refractivity contribution in [2.75, 3.05) is 7.11 Å². The third kappa shape index (κ3) is 3.02. The van der Waals surface area contributed by atoms with E-state index >= 15 is 0 Å². The molecular weight excluding hydrogens is 282 g/mol. The predicted octanol–water partition coefficient (Wildman–Crippen LogP) is 1.43. The molecular formula is C12H15N3O4S. The number of aliphatic hydroxyl groups is 1. The Bertz CT molecular complexity index is 605. The van der Waals surface area contributed by atoms with Crippen LogP contribution in [0.2, 0.25) is 0 Å². The van der Waals surface area contributed by atoms with E-state index in [1.807, 2.05) is 0 Å². The lowest BCUT2D eigenvalue weighted by atomic mass is 9.89. The molecule has 2 heterocycles. The highest BCUT2D eigenvalue weighted by Crippen LogP contribution is 2.26. The van der Waals surface area contributed by atoms with Crippen molar-refractivity contribution >= 4 is 17.3 Å². The minimum absolute atomic E-state index is 0.132. The Labute approximate surface area is 119 Å². The summed E-state index contributed by atoms with van der Waals surface area (Å²) in [5.74, 6) is 0.288. The molecule has 1 N–H and O–H groups in total. The lowest BCUT2D eigenvalue weighted by Crippen LogP contribution is -2.28. The first-order valence-corrected chi connectivity index (χ1v) is 6.80. The lowest BCUT2D eigenvalue weighted by molar-refractivity contribution is -0.150. The van der Waals surface area contributed by atoms with Gasteiger partial charge in [0, 0.05) is 11.8 Å². The van der Waals surface area contributed by atoms with E-state index in [4.69, 9.17) is 14.3 Å². The molecule has 0 saturated carbocycles. The van der Waals surface area contributed by atoms with Gasteiger partial charge in [0.2, 0.25) is 5.89 Å². The number of esters is 1. The largest absolute Gasteiger partial charge is 0.469 e. The van der Waals surface area contributed by atoms with E-state index in [9.17, 15) is 4.79 Å². The van der Waals surface area contributed by atoms with Crippen molar-refractivity contribution in [3.05, 3.63) is 17.0 Å². The number of aliphatic hydroxyl groups excluding tert-OH is 1. The molecule has 0 saturated heterocycles. The molecule has 2 rings (SSSR count). The summed E-state index contributed by atoms with van der Waals surface area (Å²) in [6.45, 7) is 3.36. The topological polar surface area (TPSA) is 98.3 Å². The van der Waals surface area contributed by atoms with Gasteiger partial charge in [-0.2, -0.15) is 0 Å². The van der Waals surface area contributed by atoms with Crippen LogP contribution in [-0.4, -0.2) is 33.4 Å². The monoisotopic (exact) mass is 297 g/mol. The van der Waals surface area contributed by atoms with Crippen molar-refractivity contribution in [2.24, 2.45) is 5.41 Å². The first kappa shape index (κ1) is 14.6. The summed E-state index contributed by atoms with van der Waals surface area (Å²) >= 11 is 1.31. The molecule has 0 aliphatic carbocycles. The zero-order valence-corrected chi connectivity index (χ0v) is 12.2. The van der Waals surface area contributed by atoms with E-state index in [2.05, 4.69) is 15.2 Å². The van der Waals surface area contributed by atoms with E-state index in [-0.39, 0.29) is 24.9 Å². The molecule has 0 atom stereocenters. The summed E-state index contributed by atoms with van der Waals surface area (Å²) in [4.78, 5) is 15.7. The van der Waals surface area contributed by atoms with Crippen LogP contribution in [0.5, 0.6) is 0 Å². The Hall–Kier alpha value is -1.80. The third-order valence-electron chi connectivity index (χ3n) is 2.69. The Balaban J connectivity index is 2.15. The maximum atomic E-state index is 11.6.